The van der Waals surface area contributed by atoms with Crippen LogP contribution >= 0.6 is 34.5 Å². The van der Waals surface area contributed by atoms with Crippen molar-refractivity contribution in [2.75, 3.05) is 12.8 Å². The number of primary amides is 1. The van der Waals surface area contributed by atoms with E-state index in [9.17, 15) is 14.4 Å². The molecule has 2 amide bonds. The van der Waals surface area contributed by atoms with Gasteiger partial charge in [-0.1, -0.05) is 23.7 Å². The van der Waals surface area contributed by atoms with Crippen LogP contribution in [0.4, 0.5) is 10.5 Å². The lowest BCUT2D eigenvalue weighted by molar-refractivity contribution is -0.117. The topological polar surface area (TPSA) is 129 Å². The van der Waals surface area contributed by atoms with Gasteiger partial charge in [0.15, 0.2) is 5.75 Å². The first-order valence-corrected chi connectivity index (χ1v) is 10.0. The monoisotopic (exact) mass is 541 g/mol. The number of amides is 2. The zero-order valence-corrected chi connectivity index (χ0v) is 18.7. The van der Waals surface area contributed by atoms with Crippen molar-refractivity contribution in [3.05, 3.63) is 68.5 Å². The molecular weight excluding hydrogens is 525 g/mol. The third-order valence-electron chi connectivity index (χ3n) is 4.30. The van der Waals surface area contributed by atoms with Crippen LogP contribution in [0, 0.1) is 0 Å². The second kappa shape index (κ2) is 8.92. The van der Waals surface area contributed by atoms with Gasteiger partial charge in [0.1, 0.15) is 5.58 Å². The van der Waals surface area contributed by atoms with Crippen LogP contribution in [0.5, 0.6) is 5.75 Å². The van der Waals surface area contributed by atoms with Crippen LogP contribution in [-0.2, 0) is 17.6 Å². The van der Waals surface area contributed by atoms with Gasteiger partial charge in [-0.2, -0.15) is 0 Å². The minimum atomic E-state index is -0.658. The largest absolute Gasteiger partial charge is 0.423 e. The number of nitrogens with zero attached hydrogens (tertiary/aromatic N) is 1. The van der Waals surface area contributed by atoms with Crippen LogP contribution < -0.4 is 21.8 Å². The number of carbonyl (C=O) groups excluding carboxylic acids is 2. The second-order valence-corrected chi connectivity index (χ2v) is 8.39. The summed E-state index contributed by atoms with van der Waals surface area (Å²) in [4.78, 5) is 36.3. The number of hydrogen-bond donors (Lipinski definition) is 2. The SMILES string of the molecule is CN(I)C(=O)Oc1cc2oc(=O)c(Cc3cccc(N)c3)c(CC(N)=O)c2cc1Cl. The van der Waals surface area contributed by atoms with E-state index in [4.69, 9.17) is 32.2 Å². The van der Waals surface area contributed by atoms with E-state index in [1.54, 1.807) is 41.1 Å². The molecule has 0 bridgehead atoms. The van der Waals surface area contributed by atoms with E-state index in [1.807, 2.05) is 6.07 Å². The predicted molar refractivity (Wildman–Crippen MR) is 122 cm³/mol. The molecule has 0 unspecified atom stereocenters. The van der Waals surface area contributed by atoms with Gasteiger partial charge in [0, 0.05) is 36.2 Å². The first kappa shape index (κ1) is 21.9. The maximum absolute atomic E-state index is 12.8. The van der Waals surface area contributed by atoms with Crippen molar-refractivity contribution in [3.8, 4) is 5.75 Å². The average Bonchev–Trinajstić information content (AvgIpc) is 2.65. The van der Waals surface area contributed by atoms with E-state index in [1.165, 1.54) is 22.3 Å². The normalized spacial score (nSPS) is 10.8. The minimum Gasteiger partial charge on any atom is -0.422 e. The highest BCUT2D eigenvalue weighted by molar-refractivity contribution is 14.1. The van der Waals surface area contributed by atoms with E-state index in [0.717, 1.165) is 5.56 Å². The molecule has 0 radical (unpaired) electrons. The summed E-state index contributed by atoms with van der Waals surface area (Å²) >= 11 is 8.03. The molecule has 30 heavy (non-hydrogen) atoms. The van der Waals surface area contributed by atoms with Gasteiger partial charge < -0.3 is 20.6 Å². The minimum absolute atomic E-state index is 0.0226. The second-order valence-electron chi connectivity index (χ2n) is 6.54. The Bertz CT molecular complexity index is 1210. The fourth-order valence-electron chi connectivity index (χ4n) is 3.00. The Hall–Kier alpha value is -2.79. The van der Waals surface area contributed by atoms with Gasteiger partial charge in [-0.05, 0) is 29.3 Å². The number of fused-ring (bicyclic) bond motifs is 1. The van der Waals surface area contributed by atoms with E-state index in [-0.39, 0.29) is 34.8 Å². The fraction of sp³-hybridized carbons (Fsp3) is 0.150. The molecular formula is C20H17ClIN3O5. The number of halogens is 2. The van der Waals surface area contributed by atoms with Gasteiger partial charge in [0.25, 0.3) is 0 Å². The highest BCUT2D eigenvalue weighted by atomic mass is 127. The molecule has 1 aromatic heterocycles. The molecule has 10 heteroatoms. The zero-order chi connectivity index (χ0) is 22.0. The third kappa shape index (κ3) is 4.85. The summed E-state index contributed by atoms with van der Waals surface area (Å²) in [5.41, 5.74) is 12.7. The Balaban J connectivity index is 2.17. The van der Waals surface area contributed by atoms with Crippen molar-refractivity contribution in [1.82, 2.24) is 3.11 Å². The molecule has 0 aliphatic rings. The molecule has 0 aliphatic carbocycles. The van der Waals surface area contributed by atoms with Crippen molar-refractivity contribution < 1.29 is 18.7 Å². The molecule has 156 valence electrons. The molecule has 0 spiro atoms. The van der Waals surface area contributed by atoms with Gasteiger partial charge in [-0.3, -0.25) is 7.91 Å². The molecule has 3 aromatic rings. The summed E-state index contributed by atoms with van der Waals surface area (Å²) in [6, 6.07) is 9.86. The van der Waals surface area contributed by atoms with Crippen LogP contribution in [0.25, 0.3) is 11.0 Å². The summed E-state index contributed by atoms with van der Waals surface area (Å²) in [6.45, 7) is 0. The standard InChI is InChI=1S/C20H17ClIN3O5/c1-25(22)20(28)30-17-9-16-13(7-15(17)21)12(8-18(24)26)14(19(27)29-16)6-10-3-2-4-11(23)5-10/h2-5,7,9H,6,8,23H2,1H3,(H2,24,26). The number of ether oxygens (including phenoxy) is 1. The predicted octanol–water partition coefficient (Wildman–Crippen LogP) is 3.43. The maximum Gasteiger partial charge on any atom is 0.423 e. The number of carbonyl (C=O) groups is 2. The third-order valence-corrected chi connectivity index (χ3v) is 4.99. The van der Waals surface area contributed by atoms with Crippen molar-refractivity contribution in [3.63, 3.8) is 0 Å². The summed E-state index contributed by atoms with van der Waals surface area (Å²) in [7, 11) is 1.51. The smallest absolute Gasteiger partial charge is 0.422 e. The van der Waals surface area contributed by atoms with Gasteiger partial charge in [-0.15, -0.1) is 0 Å². The van der Waals surface area contributed by atoms with Crippen LogP contribution in [0.15, 0.2) is 45.6 Å². The summed E-state index contributed by atoms with van der Waals surface area (Å²) in [6.07, 6.45) is -0.652. The van der Waals surface area contributed by atoms with E-state index in [2.05, 4.69) is 0 Å². The Labute approximate surface area is 190 Å². The molecule has 0 saturated carbocycles. The quantitative estimate of drug-likeness (QED) is 0.220. The van der Waals surface area contributed by atoms with Crippen LogP contribution in [0.1, 0.15) is 16.7 Å². The Morgan fingerprint density at radius 3 is 2.60 bits per heavy atom. The first-order chi connectivity index (χ1) is 14.2. The molecule has 0 fully saturated rings. The van der Waals surface area contributed by atoms with E-state index >= 15 is 0 Å². The number of nitrogens with two attached hydrogens (primary N) is 2. The molecule has 3 rings (SSSR count). The Morgan fingerprint density at radius 2 is 1.97 bits per heavy atom. The summed E-state index contributed by atoms with van der Waals surface area (Å²) in [5.74, 6) is -0.594. The van der Waals surface area contributed by atoms with Crippen molar-refractivity contribution in [2.45, 2.75) is 12.8 Å². The lowest BCUT2D eigenvalue weighted by Gasteiger charge is -2.14. The number of benzene rings is 2. The number of nitrogen functional groups attached to an aromatic ring is 1. The van der Waals surface area contributed by atoms with Gasteiger partial charge >= 0.3 is 11.7 Å². The number of anilines is 1. The zero-order valence-electron chi connectivity index (χ0n) is 15.8. The van der Waals surface area contributed by atoms with Gasteiger partial charge in [0.2, 0.25) is 5.91 Å². The average molecular weight is 542 g/mol. The van der Waals surface area contributed by atoms with E-state index in [0.29, 0.717) is 16.6 Å². The van der Waals surface area contributed by atoms with E-state index < -0.39 is 17.6 Å². The molecule has 0 aliphatic heterocycles. The number of hydrogen-bond acceptors (Lipinski definition) is 6. The fourth-order valence-corrected chi connectivity index (χ4v) is 3.30. The summed E-state index contributed by atoms with van der Waals surface area (Å²) in [5, 5.41) is 0.545. The molecule has 4 N–H and O–H groups in total. The first-order valence-electron chi connectivity index (χ1n) is 8.68. The molecule has 0 atom stereocenters. The Morgan fingerprint density at radius 1 is 1.23 bits per heavy atom. The van der Waals surface area contributed by atoms with Crippen molar-refractivity contribution in [1.29, 1.82) is 0 Å². The van der Waals surface area contributed by atoms with Crippen LogP contribution in [0.3, 0.4) is 0 Å². The van der Waals surface area contributed by atoms with Gasteiger partial charge in [-0.25, -0.2) is 9.59 Å². The Kier molecular flexibility index (Phi) is 6.52. The lowest BCUT2D eigenvalue weighted by atomic mass is 9.96. The highest BCUT2D eigenvalue weighted by Gasteiger charge is 2.20. The lowest BCUT2D eigenvalue weighted by Crippen LogP contribution is -2.21. The van der Waals surface area contributed by atoms with Crippen molar-refractivity contribution in [2.24, 2.45) is 5.73 Å². The van der Waals surface area contributed by atoms with Crippen LogP contribution in [-0.4, -0.2) is 22.2 Å². The highest BCUT2D eigenvalue weighted by Crippen LogP contribution is 2.33. The van der Waals surface area contributed by atoms with Gasteiger partial charge in [0.05, 0.1) is 34.3 Å². The van der Waals surface area contributed by atoms with Crippen LogP contribution in [0.2, 0.25) is 5.02 Å². The number of rotatable bonds is 5. The molecule has 1 heterocycles. The summed E-state index contributed by atoms with van der Waals surface area (Å²) < 4.78 is 11.8. The maximum atomic E-state index is 12.8. The van der Waals surface area contributed by atoms with Crippen molar-refractivity contribution >= 4 is 63.1 Å². The molecule has 8 nitrogen and oxygen atoms in total. The molecule has 0 saturated heterocycles. The molecule has 2 aromatic carbocycles.